The molecule has 3 aliphatic rings. The smallest absolute Gasteiger partial charge is 0.307 e. The van der Waals surface area contributed by atoms with E-state index in [0.29, 0.717) is 30.0 Å². The number of pyridine rings is 1. The highest BCUT2D eigenvalue weighted by Crippen LogP contribution is 2.46. The molecule has 3 saturated carbocycles. The minimum absolute atomic E-state index is 0.0266. The van der Waals surface area contributed by atoms with Gasteiger partial charge in [0.25, 0.3) is 5.91 Å². The molecule has 1 heterocycles. The fourth-order valence-corrected chi connectivity index (χ4v) is 7.26. The Morgan fingerprint density at radius 3 is 2.61 bits per heavy atom. The second-order valence-corrected chi connectivity index (χ2v) is 13.5. The summed E-state index contributed by atoms with van der Waals surface area (Å²) in [4.78, 5) is 37.8. The molecule has 0 saturated heterocycles. The first kappa shape index (κ1) is 27.9. The number of carboxylic acids is 1. The fraction of sp³-hybridized carbons (Fsp3) is 0.455. The quantitative estimate of drug-likeness (QED) is 0.271. The van der Waals surface area contributed by atoms with Crippen molar-refractivity contribution >= 4 is 44.4 Å². The summed E-state index contributed by atoms with van der Waals surface area (Å²) in [6.07, 6.45) is 5.37. The molecule has 0 spiro atoms. The summed E-state index contributed by atoms with van der Waals surface area (Å²) in [5, 5.41) is 18.9. The number of aliphatic carboxylic acids is 1. The number of halogens is 1. The SMILES string of the molecule is Cc1c(-c2ccccc2)nc2ccc(Br)cc2c1C(=O)NC12CCCC(C1)C(C(=O)O)C/C2=N\OC(C)(C)C1CC1. The Kier molecular flexibility index (Phi) is 7.17. The molecule has 8 heteroatoms. The topological polar surface area (TPSA) is 101 Å². The van der Waals surface area contributed by atoms with E-state index < -0.39 is 23.0 Å². The highest BCUT2D eigenvalue weighted by molar-refractivity contribution is 9.10. The molecule has 0 radical (unpaired) electrons. The van der Waals surface area contributed by atoms with Crippen molar-refractivity contribution in [3.8, 4) is 11.3 Å². The molecule has 1 aromatic heterocycles. The first-order valence-corrected chi connectivity index (χ1v) is 15.3. The first-order chi connectivity index (χ1) is 19.6. The molecule has 6 rings (SSSR count). The highest BCUT2D eigenvalue weighted by Gasteiger charge is 2.52. The molecule has 2 bridgehead atoms. The van der Waals surface area contributed by atoms with Crippen molar-refractivity contribution in [1.82, 2.24) is 10.3 Å². The van der Waals surface area contributed by atoms with Crippen molar-refractivity contribution in [2.24, 2.45) is 22.9 Å². The van der Waals surface area contributed by atoms with E-state index >= 15 is 0 Å². The number of benzene rings is 2. The third kappa shape index (κ3) is 5.27. The van der Waals surface area contributed by atoms with Crippen LogP contribution in [-0.2, 0) is 9.63 Å². The Hall–Kier alpha value is -3.26. The Labute approximate surface area is 248 Å². The van der Waals surface area contributed by atoms with Crippen LogP contribution in [0.25, 0.3) is 22.2 Å². The van der Waals surface area contributed by atoms with Crippen LogP contribution in [0.2, 0.25) is 0 Å². The third-order valence-corrected chi connectivity index (χ3v) is 9.90. The number of fused-ring (bicyclic) bond motifs is 3. The second kappa shape index (κ2) is 10.5. The van der Waals surface area contributed by atoms with Gasteiger partial charge in [-0.05, 0) is 82.6 Å². The number of hydrogen-bond donors (Lipinski definition) is 2. The zero-order valence-corrected chi connectivity index (χ0v) is 25.3. The van der Waals surface area contributed by atoms with Gasteiger partial charge < -0.3 is 15.3 Å². The Morgan fingerprint density at radius 2 is 1.90 bits per heavy atom. The van der Waals surface area contributed by atoms with Gasteiger partial charge in [0.05, 0.1) is 33.9 Å². The molecule has 3 aliphatic carbocycles. The van der Waals surface area contributed by atoms with E-state index in [1.165, 1.54) is 0 Å². The largest absolute Gasteiger partial charge is 0.481 e. The molecule has 3 aromatic rings. The van der Waals surface area contributed by atoms with E-state index in [0.717, 1.165) is 57.9 Å². The number of rotatable bonds is 7. The van der Waals surface area contributed by atoms with Crippen LogP contribution in [0.4, 0.5) is 0 Å². The number of oxime groups is 1. The summed E-state index contributed by atoms with van der Waals surface area (Å²) in [6.45, 7) is 6.02. The normalized spacial score (nSPS) is 25.2. The van der Waals surface area contributed by atoms with Crippen molar-refractivity contribution in [1.29, 1.82) is 0 Å². The second-order valence-electron chi connectivity index (χ2n) is 12.5. The fourth-order valence-electron chi connectivity index (χ4n) is 6.90. The third-order valence-electron chi connectivity index (χ3n) is 9.41. The van der Waals surface area contributed by atoms with E-state index in [1.54, 1.807) is 0 Å². The molecule has 41 heavy (non-hydrogen) atoms. The Bertz CT molecular complexity index is 1550. The molecule has 0 aliphatic heterocycles. The maximum Gasteiger partial charge on any atom is 0.307 e. The molecule has 3 fully saturated rings. The molecule has 7 nitrogen and oxygen atoms in total. The molecule has 3 unspecified atom stereocenters. The summed E-state index contributed by atoms with van der Waals surface area (Å²) in [5.41, 5.74) is 3.27. The number of carbonyl (C=O) groups is 2. The minimum atomic E-state index is -0.806. The van der Waals surface area contributed by atoms with Crippen LogP contribution >= 0.6 is 15.9 Å². The van der Waals surface area contributed by atoms with Crippen molar-refractivity contribution in [3.05, 3.63) is 64.1 Å². The highest BCUT2D eigenvalue weighted by atomic mass is 79.9. The van der Waals surface area contributed by atoms with Crippen LogP contribution in [0.3, 0.4) is 0 Å². The van der Waals surface area contributed by atoms with Gasteiger partial charge >= 0.3 is 5.97 Å². The first-order valence-electron chi connectivity index (χ1n) is 14.5. The lowest BCUT2D eigenvalue weighted by molar-refractivity contribution is -0.144. The van der Waals surface area contributed by atoms with Gasteiger partial charge in [-0.15, -0.1) is 0 Å². The predicted molar refractivity (Wildman–Crippen MR) is 163 cm³/mol. The minimum Gasteiger partial charge on any atom is -0.481 e. The number of carboxylic acid groups (broad SMARTS) is 1. The molecular formula is C33H36BrN3O4. The summed E-state index contributed by atoms with van der Waals surface area (Å²) >= 11 is 3.58. The molecule has 2 N–H and O–H groups in total. The van der Waals surface area contributed by atoms with Crippen LogP contribution in [0.1, 0.15) is 74.7 Å². The van der Waals surface area contributed by atoms with Gasteiger partial charge in [-0.25, -0.2) is 4.98 Å². The summed E-state index contributed by atoms with van der Waals surface area (Å²) in [5.74, 6) is -1.12. The van der Waals surface area contributed by atoms with E-state index in [9.17, 15) is 14.7 Å². The number of carbonyl (C=O) groups excluding carboxylic acids is 1. The zero-order valence-electron chi connectivity index (χ0n) is 23.7. The zero-order chi connectivity index (χ0) is 28.9. The van der Waals surface area contributed by atoms with Gasteiger partial charge in [-0.3, -0.25) is 9.59 Å². The lowest BCUT2D eigenvalue weighted by atomic mass is 9.61. The molecular weight excluding hydrogens is 582 g/mol. The molecule has 3 atom stereocenters. The van der Waals surface area contributed by atoms with Gasteiger partial charge in [0.15, 0.2) is 0 Å². The lowest BCUT2D eigenvalue weighted by Crippen LogP contribution is -2.61. The summed E-state index contributed by atoms with van der Waals surface area (Å²) in [7, 11) is 0. The van der Waals surface area contributed by atoms with Gasteiger partial charge in [0.2, 0.25) is 0 Å². The van der Waals surface area contributed by atoms with Gasteiger partial charge in [-0.1, -0.05) is 57.8 Å². The van der Waals surface area contributed by atoms with Crippen LogP contribution in [0.15, 0.2) is 58.2 Å². The molecule has 214 valence electrons. The Morgan fingerprint density at radius 1 is 1.15 bits per heavy atom. The lowest BCUT2D eigenvalue weighted by Gasteiger charge is -2.48. The number of nitrogens with zero attached hydrogens (tertiary/aromatic N) is 2. The van der Waals surface area contributed by atoms with Crippen molar-refractivity contribution in [2.45, 2.75) is 76.9 Å². The number of aromatic nitrogens is 1. The average Bonchev–Trinajstić information content (AvgIpc) is 3.79. The van der Waals surface area contributed by atoms with Crippen LogP contribution < -0.4 is 5.32 Å². The van der Waals surface area contributed by atoms with E-state index in [-0.39, 0.29) is 18.2 Å². The Balaban J connectivity index is 1.43. The molecule has 2 aromatic carbocycles. The number of amides is 1. The van der Waals surface area contributed by atoms with Gasteiger partial charge in [0.1, 0.15) is 5.60 Å². The number of nitrogens with one attached hydrogen (secondary N) is 1. The van der Waals surface area contributed by atoms with Gasteiger partial charge in [0, 0.05) is 27.8 Å². The average molecular weight is 619 g/mol. The monoisotopic (exact) mass is 617 g/mol. The van der Waals surface area contributed by atoms with E-state index in [1.807, 2.05) is 69.3 Å². The van der Waals surface area contributed by atoms with Crippen molar-refractivity contribution < 1.29 is 19.5 Å². The van der Waals surface area contributed by atoms with Crippen LogP contribution in [0, 0.1) is 24.7 Å². The van der Waals surface area contributed by atoms with Gasteiger partial charge in [-0.2, -0.15) is 0 Å². The predicted octanol–water partition coefficient (Wildman–Crippen LogP) is 7.30. The maximum absolute atomic E-state index is 14.5. The standard InChI is InChI=1S/C33H36BrN3O4/c1-19-28(25-16-23(34)13-14-26(25)35-29(19)20-8-5-4-6-9-20)30(38)36-33-15-7-10-21(18-33)24(31(39)40)17-27(33)37-41-32(2,3)22-11-12-22/h4-6,8-9,13-14,16,21-22,24H,7,10-12,15,17-18H2,1-3H3,(H,36,38)(H,39,40)/b37-27+. The van der Waals surface area contributed by atoms with Crippen molar-refractivity contribution in [2.75, 3.05) is 0 Å². The van der Waals surface area contributed by atoms with Crippen molar-refractivity contribution in [3.63, 3.8) is 0 Å². The van der Waals surface area contributed by atoms with Crippen LogP contribution in [0.5, 0.6) is 0 Å². The maximum atomic E-state index is 14.5. The van der Waals surface area contributed by atoms with E-state index in [2.05, 4.69) is 26.4 Å². The molecule has 1 amide bonds. The van der Waals surface area contributed by atoms with Crippen LogP contribution in [-0.4, -0.2) is 38.8 Å². The summed E-state index contributed by atoms with van der Waals surface area (Å²) in [6, 6.07) is 15.7. The number of hydrogen-bond acceptors (Lipinski definition) is 5. The van der Waals surface area contributed by atoms with E-state index in [4.69, 9.17) is 9.82 Å². The summed E-state index contributed by atoms with van der Waals surface area (Å²) < 4.78 is 0.864.